The summed E-state index contributed by atoms with van der Waals surface area (Å²) in [5.41, 5.74) is 2.20. The molecule has 1 heterocycles. The Bertz CT molecular complexity index is 957. The number of ether oxygens (including phenoxy) is 2. The van der Waals surface area contributed by atoms with E-state index in [9.17, 15) is 0 Å². The van der Waals surface area contributed by atoms with Gasteiger partial charge in [0.2, 0.25) is 0 Å². The molecule has 0 bridgehead atoms. The molecule has 0 spiro atoms. The summed E-state index contributed by atoms with van der Waals surface area (Å²) in [6.45, 7) is 7.13. The summed E-state index contributed by atoms with van der Waals surface area (Å²) in [5.74, 6) is 0.911. The predicted molar refractivity (Wildman–Crippen MR) is 123 cm³/mol. The number of nitrogens with zero attached hydrogens (tertiary/aromatic N) is 1. The molecule has 0 radical (unpaired) electrons. The Hall–Kier alpha value is -2.11. The van der Waals surface area contributed by atoms with Gasteiger partial charge >= 0.3 is 0 Å². The van der Waals surface area contributed by atoms with E-state index in [0.717, 1.165) is 68.7 Å². The Kier molecular flexibility index (Phi) is 7.59. The maximum absolute atomic E-state index is 6.30. The molecular formula is C25H29ClN2O2. The molecule has 1 fully saturated rings. The van der Waals surface area contributed by atoms with Crippen molar-refractivity contribution in [1.29, 1.82) is 0 Å². The zero-order valence-corrected chi connectivity index (χ0v) is 18.0. The van der Waals surface area contributed by atoms with E-state index in [2.05, 4.69) is 46.6 Å². The third-order valence-corrected chi connectivity index (χ3v) is 5.94. The Morgan fingerprint density at radius 1 is 0.967 bits per heavy atom. The minimum absolute atomic E-state index is 0.460. The van der Waals surface area contributed by atoms with Crippen LogP contribution in [0, 0.1) is 0 Å². The van der Waals surface area contributed by atoms with Crippen molar-refractivity contribution < 1.29 is 9.47 Å². The number of fused-ring (bicyclic) bond motifs is 1. The normalized spacial score (nSPS) is 14.8. The Morgan fingerprint density at radius 3 is 2.63 bits per heavy atom. The van der Waals surface area contributed by atoms with Gasteiger partial charge in [0, 0.05) is 35.8 Å². The Morgan fingerprint density at radius 2 is 1.77 bits per heavy atom. The molecule has 1 aliphatic rings. The first-order valence-corrected chi connectivity index (χ1v) is 11.1. The summed E-state index contributed by atoms with van der Waals surface area (Å²) >= 11 is 6.30. The zero-order valence-electron chi connectivity index (χ0n) is 17.3. The van der Waals surface area contributed by atoms with Gasteiger partial charge in [-0.15, -0.1) is 0 Å². The largest absolute Gasteiger partial charge is 0.488 e. The molecule has 4 rings (SSSR count). The molecule has 0 amide bonds. The topological polar surface area (TPSA) is 33.7 Å². The standard InChI is InChI=1S/C25H29ClN2O2/c26-24-9-4-2-7-21(24)19-30-25-11-10-20-6-1-3-8-22(20)23(25)18-27-12-5-13-28-14-16-29-17-15-28/h1-4,6-11,27H,5,12-19H2. The molecule has 158 valence electrons. The second-order valence-electron chi connectivity index (χ2n) is 7.63. The summed E-state index contributed by atoms with van der Waals surface area (Å²) in [6, 6.07) is 20.5. The molecule has 3 aromatic rings. The number of nitrogens with one attached hydrogen (secondary N) is 1. The molecule has 5 heteroatoms. The number of hydrogen-bond donors (Lipinski definition) is 1. The van der Waals surface area contributed by atoms with E-state index in [1.54, 1.807) is 0 Å². The van der Waals surface area contributed by atoms with Crippen LogP contribution in [-0.4, -0.2) is 44.3 Å². The minimum atomic E-state index is 0.460. The lowest BCUT2D eigenvalue weighted by atomic mass is 10.0. The third kappa shape index (κ3) is 5.52. The fourth-order valence-electron chi connectivity index (χ4n) is 3.87. The highest BCUT2D eigenvalue weighted by molar-refractivity contribution is 6.31. The summed E-state index contributed by atoms with van der Waals surface area (Å²) in [5, 5.41) is 6.82. The number of morpholine rings is 1. The van der Waals surface area contributed by atoms with Crippen molar-refractivity contribution in [2.75, 3.05) is 39.4 Å². The lowest BCUT2D eigenvalue weighted by Gasteiger charge is -2.26. The van der Waals surface area contributed by atoms with Gasteiger partial charge in [0.25, 0.3) is 0 Å². The lowest BCUT2D eigenvalue weighted by molar-refractivity contribution is 0.0374. The van der Waals surface area contributed by atoms with Crippen LogP contribution in [-0.2, 0) is 17.9 Å². The summed E-state index contributed by atoms with van der Waals surface area (Å²) in [7, 11) is 0. The molecule has 0 aromatic heterocycles. The second kappa shape index (κ2) is 10.8. The van der Waals surface area contributed by atoms with Crippen molar-refractivity contribution in [3.05, 3.63) is 76.8 Å². The molecular weight excluding hydrogens is 396 g/mol. The fraction of sp³-hybridized carbons (Fsp3) is 0.360. The van der Waals surface area contributed by atoms with Crippen molar-refractivity contribution in [3.63, 3.8) is 0 Å². The number of halogens is 1. The first kappa shape index (κ1) is 21.1. The van der Waals surface area contributed by atoms with Gasteiger partial charge in [-0.1, -0.05) is 60.1 Å². The van der Waals surface area contributed by atoms with Gasteiger partial charge in [-0.2, -0.15) is 0 Å². The van der Waals surface area contributed by atoms with E-state index < -0.39 is 0 Å². The van der Waals surface area contributed by atoms with Gasteiger partial charge in [0.15, 0.2) is 0 Å². The summed E-state index contributed by atoms with van der Waals surface area (Å²) in [4.78, 5) is 2.47. The van der Waals surface area contributed by atoms with Gasteiger partial charge in [0.05, 0.1) is 13.2 Å². The monoisotopic (exact) mass is 424 g/mol. The van der Waals surface area contributed by atoms with Crippen LogP contribution in [0.3, 0.4) is 0 Å². The maximum atomic E-state index is 6.30. The van der Waals surface area contributed by atoms with E-state index in [1.165, 1.54) is 16.3 Å². The highest BCUT2D eigenvalue weighted by atomic mass is 35.5. The van der Waals surface area contributed by atoms with Gasteiger partial charge in [-0.3, -0.25) is 4.90 Å². The molecule has 4 nitrogen and oxygen atoms in total. The molecule has 0 saturated carbocycles. The molecule has 0 unspecified atom stereocenters. The SMILES string of the molecule is Clc1ccccc1COc1ccc2ccccc2c1CNCCCN1CCOCC1. The Labute approximate surface area is 183 Å². The average molecular weight is 425 g/mol. The molecule has 1 N–H and O–H groups in total. The van der Waals surface area contributed by atoms with Crippen molar-refractivity contribution >= 4 is 22.4 Å². The average Bonchev–Trinajstić information content (AvgIpc) is 2.79. The number of hydrogen-bond acceptors (Lipinski definition) is 4. The number of rotatable bonds is 9. The molecule has 30 heavy (non-hydrogen) atoms. The first-order valence-electron chi connectivity index (χ1n) is 10.7. The smallest absolute Gasteiger partial charge is 0.124 e. The van der Waals surface area contributed by atoms with Crippen LogP contribution in [0.5, 0.6) is 5.75 Å². The van der Waals surface area contributed by atoms with Gasteiger partial charge in [-0.05, 0) is 42.4 Å². The summed E-state index contributed by atoms with van der Waals surface area (Å²) in [6.07, 6.45) is 1.13. The Balaban J connectivity index is 1.40. The molecule has 1 saturated heterocycles. The van der Waals surface area contributed by atoms with Crippen LogP contribution in [0.4, 0.5) is 0 Å². The van der Waals surface area contributed by atoms with E-state index in [0.29, 0.717) is 6.61 Å². The quantitative estimate of drug-likeness (QED) is 0.496. The van der Waals surface area contributed by atoms with Crippen molar-refractivity contribution in [2.24, 2.45) is 0 Å². The van der Waals surface area contributed by atoms with Crippen molar-refractivity contribution in [1.82, 2.24) is 10.2 Å². The third-order valence-electron chi connectivity index (χ3n) is 5.57. The van der Waals surface area contributed by atoms with Crippen LogP contribution in [0.25, 0.3) is 10.8 Å². The zero-order chi connectivity index (χ0) is 20.6. The molecule has 3 aromatic carbocycles. The van der Waals surface area contributed by atoms with Gasteiger partial charge in [0.1, 0.15) is 12.4 Å². The van der Waals surface area contributed by atoms with Crippen LogP contribution < -0.4 is 10.1 Å². The van der Waals surface area contributed by atoms with Gasteiger partial charge in [-0.25, -0.2) is 0 Å². The van der Waals surface area contributed by atoms with Crippen LogP contribution in [0.2, 0.25) is 5.02 Å². The van der Waals surface area contributed by atoms with Crippen LogP contribution in [0.15, 0.2) is 60.7 Å². The predicted octanol–water partition coefficient (Wildman–Crippen LogP) is 4.88. The highest BCUT2D eigenvalue weighted by Crippen LogP contribution is 2.29. The van der Waals surface area contributed by atoms with Crippen LogP contribution >= 0.6 is 11.6 Å². The summed E-state index contributed by atoms with van der Waals surface area (Å²) < 4.78 is 11.6. The van der Waals surface area contributed by atoms with Crippen molar-refractivity contribution in [3.8, 4) is 5.75 Å². The fourth-order valence-corrected chi connectivity index (χ4v) is 4.06. The molecule has 0 atom stereocenters. The second-order valence-corrected chi connectivity index (χ2v) is 8.04. The number of benzene rings is 3. The van der Waals surface area contributed by atoms with E-state index >= 15 is 0 Å². The first-order chi connectivity index (χ1) is 14.8. The van der Waals surface area contributed by atoms with E-state index in [4.69, 9.17) is 21.1 Å². The van der Waals surface area contributed by atoms with Crippen LogP contribution in [0.1, 0.15) is 17.5 Å². The minimum Gasteiger partial charge on any atom is -0.488 e. The van der Waals surface area contributed by atoms with E-state index in [-0.39, 0.29) is 0 Å². The molecule has 1 aliphatic heterocycles. The maximum Gasteiger partial charge on any atom is 0.124 e. The van der Waals surface area contributed by atoms with Crippen molar-refractivity contribution in [2.45, 2.75) is 19.6 Å². The highest BCUT2D eigenvalue weighted by Gasteiger charge is 2.11. The lowest BCUT2D eigenvalue weighted by Crippen LogP contribution is -2.37. The molecule has 0 aliphatic carbocycles. The van der Waals surface area contributed by atoms with E-state index in [1.807, 2.05) is 24.3 Å². The van der Waals surface area contributed by atoms with Gasteiger partial charge < -0.3 is 14.8 Å².